The second kappa shape index (κ2) is 7.58. The van der Waals surface area contributed by atoms with Gasteiger partial charge in [0.25, 0.3) is 0 Å². The van der Waals surface area contributed by atoms with E-state index in [1.807, 2.05) is 11.3 Å². The highest BCUT2D eigenvalue weighted by atomic mass is 32.1. The lowest BCUT2D eigenvalue weighted by molar-refractivity contribution is 0.242. The van der Waals surface area contributed by atoms with Crippen molar-refractivity contribution < 1.29 is 0 Å². The molecule has 2 aromatic rings. The molecule has 0 radical (unpaired) electrons. The maximum absolute atomic E-state index is 3.54. The Morgan fingerprint density at radius 1 is 1.20 bits per heavy atom. The average molecular weight is 288 g/mol. The quantitative estimate of drug-likeness (QED) is 0.836. The number of hydrogen-bond acceptors (Lipinski definition) is 3. The van der Waals surface area contributed by atoms with Crippen LogP contribution in [-0.2, 0) is 13.1 Å². The van der Waals surface area contributed by atoms with Crippen LogP contribution in [0.5, 0.6) is 0 Å². The van der Waals surface area contributed by atoms with Gasteiger partial charge in [-0.1, -0.05) is 30.3 Å². The first kappa shape index (κ1) is 15.2. The Labute approximate surface area is 126 Å². The van der Waals surface area contributed by atoms with Gasteiger partial charge in [0.2, 0.25) is 0 Å². The summed E-state index contributed by atoms with van der Waals surface area (Å²) in [5, 5.41) is 5.67. The van der Waals surface area contributed by atoms with Gasteiger partial charge in [0.1, 0.15) is 0 Å². The number of aryl methyl sites for hydroxylation is 1. The van der Waals surface area contributed by atoms with E-state index >= 15 is 0 Å². The lowest BCUT2D eigenvalue weighted by Crippen LogP contribution is -2.37. The maximum atomic E-state index is 3.54. The van der Waals surface area contributed by atoms with Crippen molar-refractivity contribution in [3.05, 3.63) is 57.8 Å². The molecule has 0 aliphatic rings. The molecule has 1 heterocycles. The Morgan fingerprint density at radius 3 is 2.70 bits per heavy atom. The van der Waals surface area contributed by atoms with Crippen LogP contribution in [0.3, 0.4) is 0 Å². The average Bonchev–Trinajstić information content (AvgIpc) is 2.94. The van der Waals surface area contributed by atoms with E-state index in [0.29, 0.717) is 6.04 Å². The van der Waals surface area contributed by atoms with E-state index in [9.17, 15) is 0 Å². The van der Waals surface area contributed by atoms with Gasteiger partial charge in [-0.15, -0.1) is 11.3 Å². The van der Waals surface area contributed by atoms with Crippen LogP contribution in [0.1, 0.15) is 22.9 Å². The third-order valence-corrected chi connectivity index (χ3v) is 4.63. The molecule has 0 spiro atoms. The van der Waals surface area contributed by atoms with Crippen LogP contribution in [0.4, 0.5) is 0 Å². The molecule has 1 atom stereocenters. The van der Waals surface area contributed by atoms with Crippen LogP contribution < -0.4 is 5.32 Å². The van der Waals surface area contributed by atoms with E-state index in [-0.39, 0.29) is 0 Å². The smallest absolute Gasteiger partial charge is 0.0300 e. The molecule has 1 aromatic heterocycles. The summed E-state index contributed by atoms with van der Waals surface area (Å²) in [4.78, 5) is 3.81. The van der Waals surface area contributed by atoms with E-state index < -0.39 is 0 Å². The Morgan fingerprint density at radius 2 is 2.00 bits per heavy atom. The molecule has 1 N–H and O–H groups in total. The van der Waals surface area contributed by atoms with Gasteiger partial charge in [0, 0.05) is 30.6 Å². The van der Waals surface area contributed by atoms with E-state index in [0.717, 1.165) is 19.6 Å². The van der Waals surface area contributed by atoms with Crippen LogP contribution in [0.2, 0.25) is 0 Å². The van der Waals surface area contributed by atoms with Gasteiger partial charge < -0.3 is 5.32 Å². The number of benzene rings is 1. The van der Waals surface area contributed by atoms with Crippen LogP contribution in [0.25, 0.3) is 0 Å². The van der Waals surface area contributed by atoms with Crippen molar-refractivity contribution in [1.82, 2.24) is 10.2 Å². The SMILES string of the molecule is Cc1ccccc1CN(C)C(C)CNCc1cccs1. The third kappa shape index (κ3) is 4.44. The summed E-state index contributed by atoms with van der Waals surface area (Å²) in [5.41, 5.74) is 2.79. The second-order valence-electron chi connectivity index (χ2n) is 5.40. The Bertz CT molecular complexity index is 507. The van der Waals surface area contributed by atoms with Gasteiger partial charge in [-0.2, -0.15) is 0 Å². The molecule has 0 amide bonds. The molecule has 3 heteroatoms. The van der Waals surface area contributed by atoms with Gasteiger partial charge in [0.15, 0.2) is 0 Å². The normalized spacial score (nSPS) is 12.8. The highest BCUT2D eigenvalue weighted by Crippen LogP contribution is 2.11. The van der Waals surface area contributed by atoms with E-state index in [4.69, 9.17) is 0 Å². The van der Waals surface area contributed by atoms with Gasteiger partial charge >= 0.3 is 0 Å². The fourth-order valence-electron chi connectivity index (χ4n) is 2.19. The predicted molar refractivity (Wildman–Crippen MR) is 88.1 cm³/mol. The lowest BCUT2D eigenvalue weighted by Gasteiger charge is -2.25. The third-order valence-electron chi connectivity index (χ3n) is 3.75. The molecular weight excluding hydrogens is 264 g/mol. The molecule has 0 aliphatic carbocycles. The zero-order valence-corrected chi connectivity index (χ0v) is 13.4. The summed E-state index contributed by atoms with van der Waals surface area (Å²) in [7, 11) is 2.20. The van der Waals surface area contributed by atoms with Crippen LogP contribution in [0, 0.1) is 6.92 Å². The highest BCUT2D eigenvalue weighted by molar-refractivity contribution is 7.09. The number of nitrogens with one attached hydrogen (secondary N) is 1. The van der Waals surface area contributed by atoms with Gasteiger partial charge in [-0.05, 0) is 43.5 Å². The van der Waals surface area contributed by atoms with Crippen molar-refractivity contribution in [2.45, 2.75) is 33.0 Å². The zero-order valence-electron chi connectivity index (χ0n) is 12.6. The summed E-state index contributed by atoms with van der Waals surface area (Å²) in [5.74, 6) is 0. The first-order chi connectivity index (χ1) is 9.66. The second-order valence-corrected chi connectivity index (χ2v) is 6.43. The molecular formula is C17H24N2S. The summed E-state index contributed by atoms with van der Waals surface area (Å²) < 4.78 is 0. The Hall–Kier alpha value is -1.16. The molecule has 0 saturated heterocycles. The van der Waals surface area contributed by atoms with Crippen molar-refractivity contribution in [2.75, 3.05) is 13.6 Å². The standard InChI is InChI=1S/C17H24N2S/c1-14-7-4-5-8-16(14)13-19(3)15(2)11-18-12-17-9-6-10-20-17/h4-10,15,18H,11-13H2,1-3H3. The van der Waals surface area contributed by atoms with E-state index in [2.05, 4.69) is 72.9 Å². The summed E-state index contributed by atoms with van der Waals surface area (Å²) in [6.07, 6.45) is 0. The van der Waals surface area contributed by atoms with Crippen molar-refractivity contribution in [1.29, 1.82) is 0 Å². The van der Waals surface area contributed by atoms with Crippen molar-refractivity contribution in [3.8, 4) is 0 Å². The number of hydrogen-bond donors (Lipinski definition) is 1. The molecule has 1 aromatic carbocycles. The summed E-state index contributed by atoms with van der Waals surface area (Å²) >= 11 is 1.81. The number of likely N-dealkylation sites (N-methyl/N-ethyl adjacent to an activating group) is 1. The highest BCUT2D eigenvalue weighted by Gasteiger charge is 2.10. The van der Waals surface area contributed by atoms with Crippen LogP contribution in [-0.4, -0.2) is 24.5 Å². The predicted octanol–water partition coefficient (Wildman–Crippen LogP) is 3.67. The molecule has 2 nitrogen and oxygen atoms in total. The topological polar surface area (TPSA) is 15.3 Å². The minimum absolute atomic E-state index is 0.523. The van der Waals surface area contributed by atoms with Gasteiger partial charge in [-0.25, -0.2) is 0 Å². The van der Waals surface area contributed by atoms with Gasteiger partial charge in [-0.3, -0.25) is 4.90 Å². The molecule has 0 fully saturated rings. The van der Waals surface area contributed by atoms with Crippen LogP contribution >= 0.6 is 11.3 Å². The van der Waals surface area contributed by atoms with E-state index in [1.165, 1.54) is 16.0 Å². The molecule has 2 rings (SSSR count). The molecule has 108 valence electrons. The fourth-order valence-corrected chi connectivity index (χ4v) is 2.86. The zero-order chi connectivity index (χ0) is 14.4. The minimum atomic E-state index is 0.523. The maximum Gasteiger partial charge on any atom is 0.0300 e. The Balaban J connectivity index is 1.77. The fraction of sp³-hybridized carbons (Fsp3) is 0.412. The number of nitrogens with zero attached hydrogens (tertiary/aromatic N) is 1. The van der Waals surface area contributed by atoms with Crippen molar-refractivity contribution >= 4 is 11.3 Å². The van der Waals surface area contributed by atoms with Crippen molar-refractivity contribution in [3.63, 3.8) is 0 Å². The molecule has 1 unspecified atom stereocenters. The van der Waals surface area contributed by atoms with Gasteiger partial charge in [0.05, 0.1) is 0 Å². The molecule has 0 saturated carbocycles. The van der Waals surface area contributed by atoms with E-state index in [1.54, 1.807) is 0 Å². The minimum Gasteiger partial charge on any atom is -0.310 e. The first-order valence-corrected chi connectivity index (χ1v) is 8.02. The molecule has 0 aliphatic heterocycles. The molecule has 20 heavy (non-hydrogen) atoms. The largest absolute Gasteiger partial charge is 0.310 e. The molecule has 0 bridgehead atoms. The van der Waals surface area contributed by atoms with Crippen molar-refractivity contribution in [2.24, 2.45) is 0 Å². The summed E-state index contributed by atoms with van der Waals surface area (Å²) in [6, 6.07) is 13.4. The Kier molecular flexibility index (Phi) is 5.77. The monoisotopic (exact) mass is 288 g/mol. The number of rotatable bonds is 7. The van der Waals surface area contributed by atoms with Crippen LogP contribution in [0.15, 0.2) is 41.8 Å². The summed E-state index contributed by atoms with van der Waals surface area (Å²) in [6.45, 7) is 7.46. The first-order valence-electron chi connectivity index (χ1n) is 7.14. The lowest BCUT2D eigenvalue weighted by atomic mass is 10.1. The number of thiophene rings is 1.